The van der Waals surface area contributed by atoms with Crippen molar-refractivity contribution >= 4 is 5.91 Å². The van der Waals surface area contributed by atoms with Crippen LogP contribution in [-0.4, -0.2) is 59.1 Å². The van der Waals surface area contributed by atoms with Crippen molar-refractivity contribution in [2.45, 2.75) is 19.9 Å². The lowest BCUT2D eigenvalue weighted by Gasteiger charge is -2.34. The first-order chi connectivity index (χ1) is 11.7. The second-order valence-corrected chi connectivity index (χ2v) is 5.76. The number of carbonyl (C=O) groups excluding carboxylic acids is 1. The summed E-state index contributed by atoms with van der Waals surface area (Å²) in [5.74, 6) is 2.11. The topological polar surface area (TPSA) is 71.7 Å². The summed E-state index contributed by atoms with van der Waals surface area (Å²) >= 11 is 0. The summed E-state index contributed by atoms with van der Waals surface area (Å²) in [6.45, 7) is 5.58. The molecule has 2 heterocycles. The average Bonchev–Trinajstić information content (AvgIpc) is 3.09. The van der Waals surface area contributed by atoms with Crippen LogP contribution in [0.3, 0.4) is 0 Å². The molecule has 1 fully saturated rings. The van der Waals surface area contributed by atoms with E-state index in [1.165, 1.54) is 0 Å². The molecule has 2 aromatic rings. The quantitative estimate of drug-likeness (QED) is 0.829. The molecule has 1 aliphatic rings. The molecule has 0 saturated carbocycles. The van der Waals surface area contributed by atoms with Crippen LogP contribution >= 0.6 is 0 Å². The zero-order valence-corrected chi connectivity index (χ0v) is 14.1. The number of nitrogens with zero attached hydrogens (tertiary/aromatic N) is 4. The van der Waals surface area contributed by atoms with Gasteiger partial charge in [0, 0.05) is 38.2 Å². The lowest BCUT2D eigenvalue weighted by Crippen LogP contribution is -2.48. The highest BCUT2D eigenvalue weighted by Gasteiger charge is 2.23. The van der Waals surface area contributed by atoms with Crippen LogP contribution in [-0.2, 0) is 13.0 Å². The summed E-state index contributed by atoms with van der Waals surface area (Å²) in [4.78, 5) is 21.0. The Bertz CT molecular complexity index is 693. The summed E-state index contributed by atoms with van der Waals surface area (Å²) in [5.41, 5.74) is 0.660. The zero-order chi connectivity index (χ0) is 16.9. The third kappa shape index (κ3) is 3.73. The molecule has 0 bridgehead atoms. The van der Waals surface area contributed by atoms with E-state index < -0.39 is 0 Å². The first-order valence-corrected chi connectivity index (χ1v) is 8.16. The van der Waals surface area contributed by atoms with Crippen LogP contribution in [0.5, 0.6) is 5.75 Å². The van der Waals surface area contributed by atoms with E-state index in [0.717, 1.165) is 25.3 Å². The van der Waals surface area contributed by atoms with Gasteiger partial charge in [0.2, 0.25) is 5.89 Å². The van der Waals surface area contributed by atoms with Crippen LogP contribution in [0.1, 0.15) is 29.0 Å². The summed E-state index contributed by atoms with van der Waals surface area (Å²) in [5, 5.41) is 3.91. The zero-order valence-electron chi connectivity index (χ0n) is 14.1. The molecular formula is C17H22N4O3. The van der Waals surface area contributed by atoms with Crippen molar-refractivity contribution < 1.29 is 14.1 Å². The minimum absolute atomic E-state index is 0.0413. The smallest absolute Gasteiger partial charge is 0.254 e. The first-order valence-electron chi connectivity index (χ1n) is 8.16. The molecule has 0 atom stereocenters. The van der Waals surface area contributed by atoms with Gasteiger partial charge in [0.25, 0.3) is 5.91 Å². The summed E-state index contributed by atoms with van der Waals surface area (Å²) < 4.78 is 10.4. The number of aryl methyl sites for hydroxylation is 1. The molecule has 0 spiro atoms. The minimum atomic E-state index is 0.0413. The number of amides is 1. The third-order valence-corrected chi connectivity index (χ3v) is 4.16. The highest BCUT2D eigenvalue weighted by molar-refractivity contribution is 5.94. The Balaban J connectivity index is 1.55. The molecule has 0 radical (unpaired) electrons. The highest BCUT2D eigenvalue weighted by atomic mass is 16.5. The fourth-order valence-electron chi connectivity index (χ4n) is 2.74. The monoisotopic (exact) mass is 330 g/mol. The van der Waals surface area contributed by atoms with Crippen molar-refractivity contribution in [1.82, 2.24) is 19.9 Å². The fraction of sp³-hybridized carbons (Fsp3) is 0.471. The molecule has 0 unspecified atom stereocenters. The summed E-state index contributed by atoms with van der Waals surface area (Å²) in [6.07, 6.45) is 0.770. The molecule has 1 saturated heterocycles. The van der Waals surface area contributed by atoms with Crippen molar-refractivity contribution in [3.63, 3.8) is 0 Å². The maximum Gasteiger partial charge on any atom is 0.254 e. The Kier molecular flexibility index (Phi) is 5.10. The normalized spacial score (nSPS) is 15.5. The van der Waals surface area contributed by atoms with E-state index in [4.69, 9.17) is 9.26 Å². The summed E-state index contributed by atoms with van der Waals surface area (Å²) in [6, 6.07) is 7.27. The van der Waals surface area contributed by atoms with Crippen LogP contribution in [0.15, 0.2) is 28.8 Å². The van der Waals surface area contributed by atoms with E-state index in [-0.39, 0.29) is 5.91 Å². The van der Waals surface area contributed by atoms with E-state index in [9.17, 15) is 4.79 Å². The Morgan fingerprint density at radius 1 is 1.29 bits per heavy atom. The molecule has 24 heavy (non-hydrogen) atoms. The van der Waals surface area contributed by atoms with Gasteiger partial charge in [0.15, 0.2) is 5.82 Å². The van der Waals surface area contributed by atoms with Crippen molar-refractivity contribution in [2.24, 2.45) is 0 Å². The van der Waals surface area contributed by atoms with E-state index in [1.807, 2.05) is 30.0 Å². The number of rotatable bonds is 5. The summed E-state index contributed by atoms with van der Waals surface area (Å²) in [7, 11) is 1.60. The van der Waals surface area contributed by atoms with Gasteiger partial charge in [0.05, 0.1) is 13.7 Å². The minimum Gasteiger partial charge on any atom is -0.497 e. The predicted octanol–water partition coefficient (Wildman–Crippen LogP) is 1.60. The van der Waals surface area contributed by atoms with Crippen molar-refractivity contribution in [1.29, 1.82) is 0 Å². The molecule has 1 aliphatic heterocycles. The molecule has 0 aliphatic carbocycles. The van der Waals surface area contributed by atoms with Crippen molar-refractivity contribution in [3.8, 4) is 5.75 Å². The van der Waals surface area contributed by atoms with E-state index in [1.54, 1.807) is 13.2 Å². The van der Waals surface area contributed by atoms with Gasteiger partial charge in [-0.25, -0.2) is 0 Å². The number of hydrogen-bond donors (Lipinski definition) is 0. The van der Waals surface area contributed by atoms with E-state index in [0.29, 0.717) is 36.8 Å². The van der Waals surface area contributed by atoms with Crippen LogP contribution in [0.4, 0.5) is 0 Å². The molecule has 1 aromatic carbocycles. The molecular weight excluding hydrogens is 308 g/mol. The second kappa shape index (κ2) is 7.44. The number of aromatic nitrogens is 2. The van der Waals surface area contributed by atoms with Gasteiger partial charge < -0.3 is 14.2 Å². The Morgan fingerprint density at radius 3 is 2.75 bits per heavy atom. The van der Waals surface area contributed by atoms with Crippen LogP contribution < -0.4 is 4.74 Å². The number of hydrogen-bond acceptors (Lipinski definition) is 6. The Hall–Kier alpha value is -2.41. The molecule has 7 heteroatoms. The molecule has 3 rings (SSSR count). The Labute approximate surface area is 141 Å². The van der Waals surface area contributed by atoms with Gasteiger partial charge in [-0.15, -0.1) is 0 Å². The second-order valence-electron chi connectivity index (χ2n) is 5.76. The highest BCUT2D eigenvalue weighted by Crippen LogP contribution is 2.16. The molecule has 1 amide bonds. The fourth-order valence-corrected chi connectivity index (χ4v) is 2.74. The number of carbonyl (C=O) groups is 1. The average molecular weight is 330 g/mol. The molecule has 0 N–H and O–H groups in total. The third-order valence-electron chi connectivity index (χ3n) is 4.16. The van der Waals surface area contributed by atoms with Crippen molar-refractivity contribution in [2.75, 3.05) is 33.3 Å². The molecule has 1 aromatic heterocycles. The molecule has 7 nitrogen and oxygen atoms in total. The maximum absolute atomic E-state index is 12.6. The lowest BCUT2D eigenvalue weighted by molar-refractivity contribution is 0.0615. The van der Waals surface area contributed by atoms with Crippen LogP contribution in [0.25, 0.3) is 0 Å². The van der Waals surface area contributed by atoms with Gasteiger partial charge in [-0.3, -0.25) is 9.69 Å². The number of methoxy groups -OCH3 is 1. The molecule has 128 valence electrons. The number of benzene rings is 1. The Morgan fingerprint density at radius 2 is 2.08 bits per heavy atom. The van der Waals surface area contributed by atoms with Crippen LogP contribution in [0, 0.1) is 0 Å². The standard InChI is InChI=1S/C17H22N4O3/c1-3-15-18-16(24-19-15)12-20-7-9-21(10-8-20)17(22)13-5-4-6-14(11-13)23-2/h4-6,11H,3,7-10,12H2,1-2H3. The number of ether oxygens (including phenoxy) is 1. The van der Waals surface area contributed by atoms with Gasteiger partial charge in [-0.2, -0.15) is 4.98 Å². The van der Waals surface area contributed by atoms with Gasteiger partial charge >= 0.3 is 0 Å². The predicted molar refractivity (Wildman–Crippen MR) is 87.9 cm³/mol. The largest absolute Gasteiger partial charge is 0.497 e. The van der Waals surface area contributed by atoms with Crippen LogP contribution in [0.2, 0.25) is 0 Å². The van der Waals surface area contributed by atoms with Gasteiger partial charge in [-0.1, -0.05) is 18.1 Å². The van der Waals surface area contributed by atoms with Gasteiger partial charge in [0.1, 0.15) is 5.75 Å². The van der Waals surface area contributed by atoms with Gasteiger partial charge in [-0.05, 0) is 18.2 Å². The maximum atomic E-state index is 12.6. The lowest BCUT2D eigenvalue weighted by atomic mass is 10.1. The first kappa shape index (κ1) is 16.4. The van der Waals surface area contributed by atoms with Crippen molar-refractivity contribution in [3.05, 3.63) is 41.5 Å². The number of piperazine rings is 1. The van der Waals surface area contributed by atoms with E-state index >= 15 is 0 Å². The SMILES string of the molecule is CCc1noc(CN2CCN(C(=O)c3cccc(OC)c3)CC2)n1. The van der Waals surface area contributed by atoms with E-state index in [2.05, 4.69) is 15.0 Å².